The number of H-pyrrole nitrogens is 4. The maximum absolute atomic E-state index is 15.4. The molecule has 276 valence electrons. The zero-order valence-corrected chi connectivity index (χ0v) is 32.2. The van der Waals surface area contributed by atoms with Crippen molar-refractivity contribution in [2.75, 3.05) is 0 Å². The Balaban J connectivity index is 1.25. The molecule has 0 unspecified atom stereocenters. The summed E-state index contributed by atoms with van der Waals surface area (Å²) < 4.78 is 0. The fraction of sp³-hybridized carbons (Fsp3) is 0.240. The van der Waals surface area contributed by atoms with E-state index in [0.29, 0.717) is 0 Å². The van der Waals surface area contributed by atoms with Gasteiger partial charge in [0, 0.05) is 67.5 Å². The molecule has 6 heteroatoms. The van der Waals surface area contributed by atoms with Crippen molar-refractivity contribution in [3.8, 4) is 0 Å². The molecule has 4 aromatic heterocycles. The normalized spacial score (nSPS) is 17.9. The SMILES string of the molecule is CCC1(CC)c2ccc([nH]2)C2(C(=O)c3cccc4cccc2c34)c2ccc([nH]2)C(CC)(CC)c2ccc([nH]2)C2(C(=O)c3cccc4cccc2c34)c2ccc1[nH]2. The quantitative estimate of drug-likeness (QED) is 0.145. The van der Waals surface area contributed by atoms with Gasteiger partial charge in [0.15, 0.2) is 11.6 Å². The molecule has 6 nitrogen and oxygen atoms in total. The van der Waals surface area contributed by atoms with Crippen LogP contribution in [0.1, 0.15) is 131 Å². The molecule has 0 saturated heterocycles. The number of nitrogens with one attached hydrogen (secondary N) is 4. The van der Waals surface area contributed by atoms with Gasteiger partial charge in [0.2, 0.25) is 0 Å². The van der Waals surface area contributed by atoms with Crippen molar-refractivity contribution in [3.05, 3.63) is 189 Å². The van der Waals surface area contributed by atoms with Crippen LogP contribution < -0.4 is 0 Å². The third-order valence-corrected chi connectivity index (χ3v) is 14.6. The van der Waals surface area contributed by atoms with Crippen molar-refractivity contribution in [1.82, 2.24) is 19.9 Å². The standard InChI is InChI=1S/C50H44N4O2/c1-5-47(6-2)35-21-25-39(51-35)49(33-19-11-15-29-13-9-17-31(43(29)33)45(49)55)41-27-23-37(53-41)48(7-3,8-4)38-24-28-42(54-38)50(40-26-22-36(47)52-40)34-20-12-16-30-14-10-18-32(44(30)34)46(50)56/h9-28,51-54H,5-8H2,1-4H3. The van der Waals surface area contributed by atoms with Crippen LogP contribution in [-0.2, 0) is 21.7 Å². The van der Waals surface area contributed by atoms with Gasteiger partial charge in [-0.05, 0) is 107 Å². The van der Waals surface area contributed by atoms with E-state index < -0.39 is 21.7 Å². The van der Waals surface area contributed by atoms with Gasteiger partial charge in [0.05, 0.1) is 0 Å². The van der Waals surface area contributed by atoms with Crippen molar-refractivity contribution in [2.24, 2.45) is 0 Å². The minimum atomic E-state index is -1.11. The minimum absolute atomic E-state index is 0.0733. The summed E-state index contributed by atoms with van der Waals surface area (Å²) in [5.74, 6) is 0.147. The van der Waals surface area contributed by atoms with Crippen LogP contribution in [0.25, 0.3) is 21.5 Å². The Kier molecular flexibility index (Phi) is 6.66. The topological polar surface area (TPSA) is 97.3 Å². The van der Waals surface area contributed by atoms with Crippen molar-refractivity contribution >= 4 is 33.1 Å². The Hall–Kier alpha value is -6.14. The lowest BCUT2D eigenvalue weighted by Gasteiger charge is -2.34. The van der Waals surface area contributed by atoms with Gasteiger partial charge in [-0.25, -0.2) is 0 Å². The molecule has 2 aliphatic carbocycles. The first-order valence-corrected chi connectivity index (χ1v) is 20.3. The Morgan fingerprint density at radius 2 is 0.661 bits per heavy atom. The van der Waals surface area contributed by atoms with Crippen LogP contribution in [0.2, 0.25) is 0 Å². The van der Waals surface area contributed by atoms with Crippen LogP contribution >= 0.6 is 0 Å². The monoisotopic (exact) mass is 732 g/mol. The molecule has 11 rings (SSSR count). The van der Waals surface area contributed by atoms with Gasteiger partial charge in [-0.15, -0.1) is 0 Å². The van der Waals surface area contributed by atoms with Crippen LogP contribution in [-0.4, -0.2) is 31.5 Å². The van der Waals surface area contributed by atoms with Gasteiger partial charge < -0.3 is 19.9 Å². The molecule has 3 aliphatic rings. The van der Waals surface area contributed by atoms with Crippen molar-refractivity contribution in [1.29, 1.82) is 0 Å². The van der Waals surface area contributed by atoms with Gasteiger partial charge in [0.25, 0.3) is 0 Å². The molecular formula is C50H44N4O2. The molecule has 0 radical (unpaired) electrons. The highest BCUT2D eigenvalue weighted by Gasteiger charge is 2.55. The van der Waals surface area contributed by atoms with E-state index in [-0.39, 0.29) is 11.6 Å². The molecule has 0 fully saturated rings. The summed E-state index contributed by atoms with van der Waals surface area (Å²) in [6.07, 6.45) is 3.19. The Morgan fingerprint density at radius 1 is 0.375 bits per heavy atom. The van der Waals surface area contributed by atoms with Crippen LogP contribution in [0.3, 0.4) is 0 Å². The van der Waals surface area contributed by atoms with Gasteiger partial charge in [0.1, 0.15) is 10.8 Å². The zero-order chi connectivity index (χ0) is 38.2. The largest absolute Gasteiger partial charge is 0.360 e. The maximum Gasteiger partial charge on any atom is 0.185 e. The first kappa shape index (κ1) is 33.2. The second-order valence-corrected chi connectivity index (χ2v) is 16.3. The molecule has 4 N–H and O–H groups in total. The Labute approximate surface area is 325 Å². The Morgan fingerprint density at radius 3 is 0.964 bits per heavy atom. The average Bonchev–Trinajstić information content (AvgIpc) is 4.10. The number of fused-ring (bicyclic) bond motifs is 14. The molecule has 5 heterocycles. The minimum Gasteiger partial charge on any atom is -0.360 e. The second-order valence-electron chi connectivity index (χ2n) is 16.3. The van der Waals surface area contributed by atoms with Crippen molar-refractivity contribution in [3.63, 3.8) is 0 Å². The predicted octanol–water partition coefficient (Wildman–Crippen LogP) is 10.9. The van der Waals surface area contributed by atoms with Crippen molar-refractivity contribution < 1.29 is 9.59 Å². The van der Waals surface area contributed by atoms with E-state index in [1.807, 2.05) is 24.3 Å². The number of hydrogen-bond acceptors (Lipinski definition) is 2. The summed E-state index contributed by atoms with van der Waals surface area (Å²) in [6.45, 7) is 8.92. The van der Waals surface area contributed by atoms with Crippen LogP contribution in [0, 0.1) is 0 Å². The summed E-state index contributed by atoms with van der Waals surface area (Å²) >= 11 is 0. The molecule has 0 amide bonds. The van der Waals surface area contributed by atoms with Crippen LogP contribution in [0.15, 0.2) is 121 Å². The van der Waals surface area contributed by atoms with E-state index in [2.05, 4.69) is 145 Å². The fourth-order valence-corrected chi connectivity index (χ4v) is 11.6. The molecule has 4 aromatic carbocycles. The van der Waals surface area contributed by atoms with Gasteiger partial charge in [-0.3, -0.25) is 9.59 Å². The smallest absolute Gasteiger partial charge is 0.185 e. The summed E-state index contributed by atoms with van der Waals surface area (Å²) in [4.78, 5) is 46.5. The number of carbonyl (C=O) groups is 2. The first-order chi connectivity index (χ1) is 27.3. The molecule has 2 spiro atoms. The van der Waals surface area contributed by atoms with Gasteiger partial charge >= 0.3 is 0 Å². The third-order valence-electron chi connectivity index (χ3n) is 14.6. The summed E-state index contributed by atoms with van der Waals surface area (Å²) in [7, 11) is 0. The summed E-state index contributed by atoms with van der Waals surface area (Å²) in [5, 5.41) is 4.16. The first-order valence-electron chi connectivity index (χ1n) is 20.3. The lowest BCUT2D eigenvalue weighted by atomic mass is 9.74. The molecule has 8 bridgehead atoms. The summed E-state index contributed by atoms with van der Waals surface area (Å²) in [5.41, 5.74) is 7.92. The molecular weight excluding hydrogens is 689 g/mol. The van der Waals surface area contributed by atoms with E-state index in [1.165, 1.54) is 0 Å². The zero-order valence-electron chi connectivity index (χ0n) is 32.2. The molecule has 8 aromatic rings. The highest BCUT2D eigenvalue weighted by atomic mass is 16.1. The highest BCUT2D eigenvalue weighted by molar-refractivity contribution is 6.24. The molecule has 0 saturated carbocycles. The number of aromatic nitrogens is 4. The van der Waals surface area contributed by atoms with E-state index in [9.17, 15) is 0 Å². The van der Waals surface area contributed by atoms with Crippen LogP contribution in [0.5, 0.6) is 0 Å². The number of aromatic amines is 4. The van der Waals surface area contributed by atoms with E-state index in [0.717, 1.165) is 115 Å². The Bertz CT molecular complexity index is 2640. The van der Waals surface area contributed by atoms with E-state index >= 15 is 9.59 Å². The molecule has 0 atom stereocenters. The molecule has 1 aliphatic heterocycles. The number of hydrogen-bond donors (Lipinski definition) is 4. The maximum atomic E-state index is 15.4. The number of benzene rings is 4. The predicted molar refractivity (Wildman–Crippen MR) is 222 cm³/mol. The lowest BCUT2D eigenvalue weighted by Crippen LogP contribution is -2.38. The number of rotatable bonds is 4. The highest BCUT2D eigenvalue weighted by Crippen LogP contribution is 2.54. The number of carbonyl (C=O) groups excluding carboxylic acids is 2. The van der Waals surface area contributed by atoms with Crippen molar-refractivity contribution in [2.45, 2.75) is 75.0 Å². The second kappa shape index (κ2) is 11.2. The van der Waals surface area contributed by atoms with E-state index in [1.54, 1.807) is 0 Å². The van der Waals surface area contributed by atoms with Crippen LogP contribution in [0.4, 0.5) is 0 Å². The average molecular weight is 733 g/mol. The number of ketones is 2. The molecule has 56 heavy (non-hydrogen) atoms. The lowest BCUT2D eigenvalue weighted by molar-refractivity contribution is 0.0933. The third kappa shape index (κ3) is 3.64. The van der Waals surface area contributed by atoms with Gasteiger partial charge in [-0.1, -0.05) is 100 Å². The van der Waals surface area contributed by atoms with E-state index in [4.69, 9.17) is 0 Å². The fourth-order valence-electron chi connectivity index (χ4n) is 11.6. The number of Topliss-reactive ketones (excluding diaryl/α,β-unsaturated/α-hetero) is 2. The summed E-state index contributed by atoms with van der Waals surface area (Å²) in [6, 6.07) is 42.2. The van der Waals surface area contributed by atoms with Gasteiger partial charge in [-0.2, -0.15) is 0 Å².